The lowest BCUT2D eigenvalue weighted by molar-refractivity contribution is -0.144. The zero-order valence-corrected chi connectivity index (χ0v) is 27.3. The van der Waals surface area contributed by atoms with Crippen LogP contribution in [-0.2, 0) is 25.6 Å². The number of nitrogens with zero attached hydrogens (tertiary/aromatic N) is 2. The van der Waals surface area contributed by atoms with Gasteiger partial charge in [-0.05, 0) is 97.9 Å². The summed E-state index contributed by atoms with van der Waals surface area (Å²) in [6, 6.07) is 14.5. The molecule has 0 radical (unpaired) electrons. The number of hydrogen-bond donors (Lipinski definition) is 1. The van der Waals surface area contributed by atoms with Crippen LogP contribution in [0.2, 0.25) is 0 Å². The number of carbonyl (C=O) groups is 2. The first-order valence-electron chi connectivity index (χ1n) is 16.7. The van der Waals surface area contributed by atoms with Crippen molar-refractivity contribution in [1.29, 1.82) is 0 Å². The Kier molecular flexibility index (Phi) is 9.60. The molecular formula is C38H48N2O5. The Morgan fingerprint density at radius 3 is 2.42 bits per heavy atom. The average Bonchev–Trinajstić information content (AvgIpc) is 3.57. The summed E-state index contributed by atoms with van der Waals surface area (Å²) in [4.78, 5) is 32.1. The van der Waals surface area contributed by atoms with Crippen LogP contribution in [0.4, 0.5) is 0 Å². The first-order valence-corrected chi connectivity index (χ1v) is 16.7. The van der Waals surface area contributed by atoms with Crippen molar-refractivity contribution < 1.29 is 24.2 Å². The van der Waals surface area contributed by atoms with Gasteiger partial charge in [-0.1, -0.05) is 48.9 Å². The molecule has 0 bridgehead atoms. The van der Waals surface area contributed by atoms with E-state index >= 15 is 0 Å². The van der Waals surface area contributed by atoms with E-state index in [9.17, 15) is 14.7 Å². The van der Waals surface area contributed by atoms with Crippen molar-refractivity contribution in [3.8, 4) is 5.75 Å². The molecular weight excluding hydrogens is 564 g/mol. The second kappa shape index (κ2) is 13.6. The predicted octanol–water partition coefficient (Wildman–Crippen LogP) is 6.21. The number of phenolic OH excluding ortho intramolecular Hbond substituents is 1. The topological polar surface area (TPSA) is 79.3 Å². The molecule has 0 saturated carbocycles. The molecule has 3 heterocycles. The fourth-order valence-electron chi connectivity index (χ4n) is 8.32. The maximum Gasteiger partial charge on any atom is 0.234 e. The van der Waals surface area contributed by atoms with Gasteiger partial charge >= 0.3 is 0 Å². The zero-order valence-electron chi connectivity index (χ0n) is 27.3. The highest BCUT2D eigenvalue weighted by Crippen LogP contribution is 2.50. The number of phenols is 1. The molecule has 45 heavy (non-hydrogen) atoms. The average molecular weight is 613 g/mol. The maximum atomic E-state index is 14.1. The van der Waals surface area contributed by atoms with Gasteiger partial charge in [0.1, 0.15) is 5.75 Å². The van der Waals surface area contributed by atoms with Crippen LogP contribution in [-0.4, -0.2) is 72.3 Å². The van der Waals surface area contributed by atoms with Crippen molar-refractivity contribution in [2.75, 3.05) is 33.4 Å². The summed E-state index contributed by atoms with van der Waals surface area (Å²) in [5.74, 6) is -0.316. The fraction of sp³-hybridized carbons (Fsp3) is 0.526. The molecule has 7 nitrogen and oxygen atoms in total. The van der Waals surface area contributed by atoms with Gasteiger partial charge in [0.2, 0.25) is 11.8 Å². The third kappa shape index (κ3) is 6.40. The standard InChI is InChI=1S/C38H48N2O5/c1-5-26(19-28-17-24(2)36(41)25(3)18-28)11-12-33-34-29(22-44-4)20-31-35(32(34)23-45-33)38(43)40(37(31)42)30-13-15-39(16-14-30)21-27-9-7-6-8-10-27/h6-10,17-19,30-33,35,41H,5,11-16,20-23H2,1-4H3/b26-19+/t31-,32+,33-,35-/m1/s1. The lowest BCUT2D eigenvalue weighted by atomic mass is 9.69. The Labute approximate surface area is 267 Å². The molecule has 0 aromatic heterocycles. The van der Waals surface area contributed by atoms with Crippen LogP contribution >= 0.6 is 0 Å². The number of allylic oxidation sites excluding steroid dienone is 1. The summed E-state index contributed by atoms with van der Waals surface area (Å²) >= 11 is 0. The minimum Gasteiger partial charge on any atom is -0.507 e. The summed E-state index contributed by atoms with van der Waals surface area (Å²) in [6.07, 6.45) is 7.03. The molecule has 3 fully saturated rings. The summed E-state index contributed by atoms with van der Waals surface area (Å²) < 4.78 is 12.1. The minimum absolute atomic E-state index is 0.0123. The van der Waals surface area contributed by atoms with Crippen molar-refractivity contribution in [2.45, 2.75) is 78.0 Å². The summed E-state index contributed by atoms with van der Waals surface area (Å²) in [5, 5.41) is 10.2. The van der Waals surface area contributed by atoms with E-state index in [4.69, 9.17) is 9.47 Å². The molecule has 2 aromatic rings. The van der Waals surface area contributed by atoms with Crippen molar-refractivity contribution in [3.63, 3.8) is 0 Å². The molecule has 1 aliphatic carbocycles. The summed E-state index contributed by atoms with van der Waals surface area (Å²) in [5.41, 5.74) is 7.85. The molecule has 240 valence electrons. The van der Waals surface area contributed by atoms with Gasteiger partial charge in [-0.2, -0.15) is 0 Å². The molecule has 1 N–H and O–H groups in total. The van der Waals surface area contributed by atoms with Crippen molar-refractivity contribution in [1.82, 2.24) is 9.80 Å². The Morgan fingerprint density at radius 2 is 1.76 bits per heavy atom. The van der Waals surface area contributed by atoms with E-state index in [1.807, 2.05) is 32.0 Å². The van der Waals surface area contributed by atoms with E-state index in [2.05, 4.69) is 42.2 Å². The van der Waals surface area contributed by atoms with Gasteiger partial charge in [-0.3, -0.25) is 19.4 Å². The zero-order chi connectivity index (χ0) is 31.7. The van der Waals surface area contributed by atoms with Crippen LogP contribution in [0.15, 0.2) is 59.2 Å². The van der Waals surface area contributed by atoms with Crippen LogP contribution in [0.5, 0.6) is 5.75 Å². The van der Waals surface area contributed by atoms with Gasteiger partial charge in [0.15, 0.2) is 0 Å². The predicted molar refractivity (Wildman–Crippen MR) is 175 cm³/mol. The maximum absolute atomic E-state index is 14.1. The van der Waals surface area contributed by atoms with Gasteiger partial charge in [0.25, 0.3) is 0 Å². The van der Waals surface area contributed by atoms with Crippen LogP contribution in [0.3, 0.4) is 0 Å². The molecule has 7 heteroatoms. The first kappa shape index (κ1) is 31.7. The second-order valence-corrected chi connectivity index (χ2v) is 13.5. The monoisotopic (exact) mass is 612 g/mol. The number of ether oxygens (including phenoxy) is 2. The van der Waals surface area contributed by atoms with Gasteiger partial charge in [-0.15, -0.1) is 0 Å². The minimum atomic E-state index is -0.329. The summed E-state index contributed by atoms with van der Waals surface area (Å²) in [6.45, 7) is 9.67. The number of fused-ring (bicyclic) bond motifs is 3. The molecule has 4 atom stereocenters. The fourth-order valence-corrected chi connectivity index (χ4v) is 8.32. The SMILES string of the molecule is CC/C(=C\c1cc(C)c(O)c(C)c1)CC[C@H]1OC[C@H]2C1=C(COC)C[C@H]1C(=O)N(C3CCN(Cc4ccccc4)CC3)C(=O)[C@H]12. The number of imide groups is 1. The number of benzene rings is 2. The van der Waals surface area contributed by atoms with Gasteiger partial charge in [-0.25, -0.2) is 0 Å². The second-order valence-electron chi connectivity index (χ2n) is 13.5. The lowest BCUT2D eigenvalue weighted by Gasteiger charge is -2.36. The van der Waals surface area contributed by atoms with E-state index in [-0.39, 0.29) is 41.7 Å². The number of hydrogen-bond acceptors (Lipinski definition) is 6. The molecule has 0 spiro atoms. The van der Waals surface area contributed by atoms with Gasteiger partial charge in [0.05, 0.1) is 31.2 Å². The number of aromatic hydroxyl groups is 1. The largest absolute Gasteiger partial charge is 0.507 e. The van der Waals surface area contributed by atoms with E-state index in [0.717, 1.165) is 74.0 Å². The highest BCUT2D eigenvalue weighted by atomic mass is 16.5. The Bertz CT molecular complexity index is 1450. The van der Waals surface area contributed by atoms with Crippen molar-refractivity contribution in [3.05, 3.63) is 81.4 Å². The number of amides is 2. The Morgan fingerprint density at radius 1 is 1.04 bits per heavy atom. The molecule has 2 amide bonds. The summed E-state index contributed by atoms with van der Waals surface area (Å²) in [7, 11) is 1.70. The number of aryl methyl sites for hydroxylation is 2. The number of rotatable bonds is 10. The van der Waals surface area contributed by atoms with E-state index < -0.39 is 0 Å². The third-order valence-electron chi connectivity index (χ3n) is 10.6. The van der Waals surface area contributed by atoms with Crippen molar-refractivity contribution >= 4 is 17.9 Å². The van der Waals surface area contributed by atoms with Crippen molar-refractivity contribution in [2.24, 2.45) is 17.8 Å². The van der Waals surface area contributed by atoms with Gasteiger partial charge < -0.3 is 14.6 Å². The highest BCUT2D eigenvalue weighted by molar-refractivity contribution is 6.06. The molecule has 4 aliphatic rings. The number of piperidine rings is 1. The molecule has 0 unspecified atom stereocenters. The van der Waals surface area contributed by atoms with E-state index in [0.29, 0.717) is 25.4 Å². The lowest BCUT2D eigenvalue weighted by Crippen LogP contribution is -2.47. The first-order chi connectivity index (χ1) is 21.8. The Hall–Kier alpha value is -3.26. The van der Waals surface area contributed by atoms with Crippen LogP contribution in [0.25, 0.3) is 6.08 Å². The molecule has 3 saturated heterocycles. The molecule has 2 aromatic carbocycles. The van der Waals surface area contributed by atoms with Gasteiger partial charge in [0, 0.05) is 38.7 Å². The van der Waals surface area contributed by atoms with Crippen LogP contribution in [0.1, 0.15) is 67.7 Å². The van der Waals surface area contributed by atoms with Crippen LogP contribution < -0.4 is 0 Å². The van der Waals surface area contributed by atoms with E-state index in [1.54, 1.807) is 12.0 Å². The van der Waals surface area contributed by atoms with Crippen LogP contribution in [0, 0.1) is 31.6 Å². The smallest absolute Gasteiger partial charge is 0.234 e. The third-order valence-corrected chi connectivity index (χ3v) is 10.6. The molecule has 6 rings (SSSR count). The van der Waals surface area contributed by atoms with E-state index in [1.165, 1.54) is 16.7 Å². The Balaban J connectivity index is 1.14. The number of likely N-dealkylation sites (tertiary alicyclic amines) is 2. The molecule has 3 aliphatic heterocycles. The number of methoxy groups -OCH3 is 1. The number of carbonyl (C=O) groups excluding carboxylic acids is 2. The highest BCUT2D eigenvalue weighted by Gasteiger charge is 2.58. The quantitative estimate of drug-likeness (QED) is 0.254. The normalized spacial score (nSPS) is 26.1.